The average Bonchev–Trinajstić information content (AvgIpc) is 2.68. The van der Waals surface area contributed by atoms with Gasteiger partial charge < -0.3 is 9.92 Å². The van der Waals surface area contributed by atoms with Crippen LogP contribution in [0.15, 0.2) is 82.6 Å². The maximum Gasteiger partial charge on any atom is 0.339 e. The summed E-state index contributed by atoms with van der Waals surface area (Å²) in [7, 11) is -8.04. The van der Waals surface area contributed by atoms with Crippen LogP contribution in [0, 0.1) is 6.92 Å². The molecule has 0 atom stereocenters. The minimum absolute atomic E-state index is 0.0240. The Hall–Kier alpha value is -2.88. The van der Waals surface area contributed by atoms with Gasteiger partial charge >= 0.3 is 10.1 Å². The highest BCUT2D eigenvalue weighted by Crippen LogP contribution is 2.25. The molecule has 0 spiro atoms. The molecular weight excluding hydrogens is 412 g/mol. The van der Waals surface area contributed by atoms with E-state index in [4.69, 9.17) is 9.92 Å². The first-order valence-electron chi connectivity index (χ1n) is 8.63. The molecule has 0 saturated heterocycles. The molecule has 9 heteroatoms. The van der Waals surface area contributed by atoms with Gasteiger partial charge in [-0.25, -0.2) is 8.42 Å². The van der Waals surface area contributed by atoms with E-state index in [0.29, 0.717) is 17.8 Å². The minimum atomic E-state index is -4.09. The van der Waals surface area contributed by atoms with Crippen molar-refractivity contribution in [2.45, 2.75) is 23.3 Å². The van der Waals surface area contributed by atoms with Crippen molar-refractivity contribution in [1.82, 2.24) is 0 Å². The first kappa shape index (κ1) is 20.8. The number of nitrogens with two attached hydrogens (primary N) is 1. The summed E-state index contributed by atoms with van der Waals surface area (Å²) in [4.78, 5) is -0.136. The highest BCUT2D eigenvalue weighted by Gasteiger charge is 2.20. The fourth-order valence-electron chi connectivity index (χ4n) is 2.60. The van der Waals surface area contributed by atoms with Gasteiger partial charge in [-0.05, 0) is 54.4 Å². The van der Waals surface area contributed by atoms with Crippen molar-refractivity contribution in [2.75, 3.05) is 4.72 Å². The van der Waals surface area contributed by atoms with E-state index in [0.717, 1.165) is 5.56 Å². The maximum atomic E-state index is 12.8. The van der Waals surface area contributed by atoms with Crippen LogP contribution in [-0.2, 0) is 26.7 Å². The lowest BCUT2D eigenvalue weighted by Crippen LogP contribution is -2.14. The molecule has 3 aromatic rings. The van der Waals surface area contributed by atoms with Gasteiger partial charge in [-0.3, -0.25) is 4.72 Å². The monoisotopic (exact) mass is 432 g/mol. The van der Waals surface area contributed by atoms with E-state index in [2.05, 4.69) is 4.72 Å². The molecule has 0 radical (unpaired) electrons. The average molecular weight is 433 g/mol. The molecule has 3 N–H and O–H groups in total. The van der Waals surface area contributed by atoms with Gasteiger partial charge in [0.15, 0.2) is 0 Å². The Morgan fingerprint density at radius 3 is 2.14 bits per heavy atom. The van der Waals surface area contributed by atoms with Gasteiger partial charge in [-0.1, -0.05) is 30.3 Å². The molecule has 3 aromatic carbocycles. The smallest absolute Gasteiger partial charge is 0.339 e. The highest BCUT2D eigenvalue weighted by molar-refractivity contribution is 7.92. The second-order valence-corrected chi connectivity index (χ2v) is 9.57. The standard InChI is InChI=1S/C20H20N2O5S2/c1-15-11-18(27-29(25,26)19-5-3-2-4-6-19)13-20(12-15)28(23,24)22-17-9-7-16(14-21)8-10-17/h2-13,22H,14,21H2,1H3. The van der Waals surface area contributed by atoms with E-state index < -0.39 is 20.1 Å². The molecule has 0 fully saturated rings. The van der Waals surface area contributed by atoms with Gasteiger partial charge in [-0.15, -0.1) is 0 Å². The van der Waals surface area contributed by atoms with Gasteiger partial charge in [-0.2, -0.15) is 8.42 Å². The number of aryl methyl sites for hydroxylation is 1. The predicted molar refractivity (Wildman–Crippen MR) is 111 cm³/mol. The molecule has 0 aliphatic heterocycles. The number of sulfonamides is 1. The van der Waals surface area contributed by atoms with Gasteiger partial charge in [0, 0.05) is 18.3 Å². The van der Waals surface area contributed by atoms with Crippen molar-refractivity contribution in [3.63, 3.8) is 0 Å². The summed E-state index contributed by atoms with van der Waals surface area (Å²) in [5.41, 5.74) is 7.30. The van der Waals surface area contributed by atoms with Gasteiger partial charge in [0.1, 0.15) is 10.6 Å². The van der Waals surface area contributed by atoms with Crippen molar-refractivity contribution >= 4 is 25.8 Å². The predicted octanol–water partition coefficient (Wildman–Crippen LogP) is 3.02. The Labute approximate surface area is 170 Å². The summed E-state index contributed by atoms with van der Waals surface area (Å²) >= 11 is 0. The number of anilines is 1. The topological polar surface area (TPSA) is 116 Å². The van der Waals surface area contributed by atoms with Crippen molar-refractivity contribution in [1.29, 1.82) is 0 Å². The van der Waals surface area contributed by atoms with E-state index in [1.54, 1.807) is 49.4 Å². The second-order valence-electron chi connectivity index (χ2n) is 6.34. The first-order valence-corrected chi connectivity index (χ1v) is 11.5. The molecule has 0 amide bonds. The third-order valence-electron chi connectivity index (χ3n) is 4.01. The fourth-order valence-corrected chi connectivity index (χ4v) is 4.72. The molecule has 0 saturated carbocycles. The molecule has 0 aliphatic rings. The van der Waals surface area contributed by atoms with Crippen LogP contribution < -0.4 is 14.6 Å². The van der Waals surface area contributed by atoms with E-state index in [-0.39, 0.29) is 15.5 Å². The lowest BCUT2D eigenvalue weighted by molar-refractivity contribution is 0.485. The van der Waals surface area contributed by atoms with E-state index in [9.17, 15) is 16.8 Å². The van der Waals surface area contributed by atoms with Crippen LogP contribution in [-0.4, -0.2) is 16.8 Å². The molecule has 0 unspecified atom stereocenters. The van der Waals surface area contributed by atoms with Crippen molar-refractivity contribution in [2.24, 2.45) is 5.73 Å². The van der Waals surface area contributed by atoms with E-state index >= 15 is 0 Å². The molecule has 7 nitrogen and oxygen atoms in total. The summed E-state index contributed by atoms with van der Waals surface area (Å²) in [6.07, 6.45) is 0. The lowest BCUT2D eigenvalue weighted by Gasteiger charge is -2.12. The molecule has 29 heavy (non-hydrogen) atoms. The number of rotatable bonds is 7. The largest absolute Gasteiger partial charge is 0.379 e. The Morgan fingerprint density at radius 2 is 1.52 bits per heavy atom. The molecule has 0 aromatic heterocycles. The van der Waals surface area contributed by atoms with Crippen LogP contribution in [0.3, 0.4) is 0 Å². The molecule has 0 aliphatic carbocycles. The van der Waals surface area contributed by atoms with Crippen LogP contribution in [0.4, 0.5) is 5.69 Å². The van der Waals surface area contributed by atoms with Crippen LogP contribution in [0.2, 0.25) is 0 Å². The van der Waals surface area contributed by atoms with Crippen LogP contribution in [0.5, 0.6) is 5.75 Å². The van der Waals surface area contributed by atoms with Gasteiger partial charge in [0.2, 0.25) is 0 Å². The third-order valence-corrected chi connectivity index (χ3v) is 6.64. The molecule has 152 valence electrons. The highest BCUT2D eigenvalue weighted by atomic mass is 32.2. The van der Waals surface area contributed by atoms with E-state index in [1.807, 2.05) is 0 Å². The fraction of sp³-hybridized carbons (Fsp3) is 0.100. The van der Waals surface area contributed by atoms with Crippen molar-refractivity contribution in [3.8, 4) is 5.75 Å². The Morgan fingerprint density at radius 1 is 0.862 bits per heavy atom. The summed E-state index contributed by atoms with van der Waals surface area (Å²) in [6.45, 7) is 2.00. The van der Waals surface area contributed by atoms with Gasteiger partial charge in [0.25, 0.3) is 10.0 Å². The Kier molecular flexibility index (Phi) is 5.92. The summed E-state index contributed by atoms with van der Waals surface area (Å²) in [6, 6.07) is 18.3. The molecule has 0 heterocycles. The van der Waals surface area contributed by atoms with Crippen LogP contribution in [0.1, 0.15) is 11.1 Å². The van der Waals surface area contributed by atoms with Gasteiger partial charge in [0.05, 0.1) is 4.90 Å². The SMILES string of the molecule is Cc1cc(OS(=O)(=O)c2ccccc2)cc(S(=O)(=O)Nc2ccc(CN)cc2)c1. The summed E-state index contributed by atoms with van der Waals surface area (Å²) in [5.74, 6) is -0.0901. The van der Waals surface area contributed by atoms with Crippen LogP contribution in [0.25, 0.3) is 0 Å². The molecular formula is C20H20N2O5S2. The quantitative estimate of drug-likeness (QED) is 0.555. The van der Waals surface area contributed by atoms with Crippen molar-refractivity contribution in [3.05, 3.63) is 83.9 Å². The molecule has 0 bridgehead atoms. The zero-order valence-corrected chi connectivity index (χ0v) is 17.2. The number of hydrogen-bond acceptors (Lipinski definition) is 6. The number of hydrogen-bond donors (Lipinski definition) is 2. The third kappa shape index (κ3) is 5.14. The Bertz CT molecular complexity index is 1210. The van der Waals surface area contributed by atoms with E-state index in [1.165, 1.54) is 30.3 Å². The molecule has 3 rings (SSSR count). The number of benzene rings is 3. The first-order chi connectivity index (χ1) is 13.7. The lowest BCUT2D eigenvalue weighted by atomic mass is 10.2. The Balaban J connectivity index is 1.89. The zero-order valence-electron chi connectivity index (χ0n) is 15.6. The summed E-state index contributed by atoms with van der Waals surface area (Å²) in [5, 5.41) is 0. The second kappa shape index (κ2) is 8.24. The summed E-state index contributed by atoms with van der Waals surface area (Å²) < 4.78 is 58.0. The zero-order chi connectivity index (χ0) is 21.1. The maximum absolute atomic E-state index is 12.8. The number of nitrogens with one attached hydrogen (secondary N) is 1. The minimum Gasteiger partial charge on any atom is -0.379 e. The van der Waals surface area contributed by atoms with Crippen LogP contribution >= 0.6 is 0 Å². The normalized spacial score (nSPS) is 11.8. The van der Waals surface area contributed by atoms with Crippen molar-refractivity contribution < 1.29 is 21.0 Å².